The molecule has 0 spiro atoms. The molecule has 0 aromatic heterocycles. The Bertz CT molecular complexity index is 847. The van der Waals surface area contributed by atoms with Gasteiger partial charge in [0.25, 0.3) is 5.91 Å². The number of hydrogen-bond acceptors (Lipinski definition) is 4. The van der Waals surface area contributed by atoms with Crippen LogP contribution in [0.15, 0.2) is 42.5 Å². The fourth-order valence-corrected chi connectivity index (χ4v) is 3.82. The Balaban J connectivity index is 1.34. The SMILES string of the molecule is CC(C)(C)c1ccc(N2CCN(Cc3ccc4c(c3)NC(=O)CO4)CC2)cc1. The number of amides is 1. The number of piperazine rings is 1. The zero-order chi connectivity index (χ0) is 19.7. The fraction of sp³-hybridized carbons (Fsp3) is 0.435. The Morgan fingerprint density at radius 1 is 1.00 bits per heavy atom. The summed E-state index contributed by atoms with van der Waals surface area (Å²) in [7, 11) is 0. The van der Waals surface area contributed by atoms with Gasteiger partial charge in [-0.15, -0.1) is 0 Å². The van der Waals surface area contributed by atoms with Gasteiger partial charge in [0.15, 0.2) is 6.61 Å². The van der Waals surface area contributed by atoms with E-state index in [9.17, 15) is 4.79 Å². The van der Waals surface area contributed by atoms with E-state index in [1.807, 2.05) is 12.1 Å². The van der Waals surface area contributed by atoms with Gasteiger partial charge in [0.2, 0.25) is 0 Å². The van der Waals surface area contributed by atoms with Crippen LogP contribution in [0.25, 0.3) is 0 Å². The molecule has 2 aromatic carbocycles. The molecule has 2 heterocycles. The van der Waals surface area contributed by atoms with Crippen molar-refractivity contribution >= 4 is 17.3 Å². The van der Waals surface area contributed by atoms with Crippen molar-refractivity contribution in [2.24, 2.45) is 0 Å². The largest absolute Gasteiger partial charge is 0.482 e. The maximum atomic E-state index is 11.5. The highest BCUT2D eigenvalue weighted by atomic mass is 16.5. The molecule has 1 saturated heterocycles. The van der Waals surface area contributed by atoms with Crippen LogP contribution in [0, 0.1) is 0 Å². The maximum absolute atomic E-state index is 11.5. The van der Waals surface area contributed by atoms with E-state index in [2.05, 4.69) is 66.2 Å². The Morgan fingerprint density at radius 3 is 2.39 bits per heavy atom. The average molecular weight is 380 g/mol. The highest BCUT2D eigenvalue weighted by Crippen LogP contribution is 2.29. The Hall–Kier alpha value is -2.53. The summed E-state index contributed by atoms with van der Waals surface area (Å²) in [4.78, 5) is 16.4. The van der Waals surface area contributed by atoms with E-state index >= 15 is 0 Å². The normalized spacial score (nSPS) is 17.7. The second-order valence-corrected chi connectivity index (χ2v) is 8.73. The van der Waals surface area contributed by atoms with Crippen LogP contribution in [0.1, 0.15) is 31.9 Å². The molecule has 28 heavy (non-hydrogen) atoms. The molecule has 2 aliphatic heterocycles. The second kappa shape index (κ2) is 7.47. The van der Waals surface area contributed by atoms with Gasteiger partial charge in [0.05, 0.1) is 5.69 Å². The van der Waals surface area contributed by atoms with E-state index in [0.717, 1.165) is 44.2 Å². The van der Waals surface area contributed by atoms with E-state index in [0.29, 0.717) is 0 Å². The Kier molecular flexibility index (Phi) is 5.02. The fourth-order valence-electron chi connectivity index (χ4n) is 3.82. The smallest absolute Gasteiger partial charge is 0.262 e. The first-order valence-corrected chi connectivity index (χ1v) is 10.0. The molecule has 148 valence electrons. The van der Waals surface area contributed by atoms with Gasteiger partial charge in [-0.25, -0.2) is 0 Å². The van der Waals surface area contributed by atoms with Crippen LogP contribution in [0.4, 0.5) is 11.4 Å². The van der Waals surface area contributed by atoms with E-state index in [1.54, 1.807) is 0 Å². The maximum Gasteiger partial charge on any atom is 0.262 e. The molecule has 0 saturated carbocycles. The number of rotatable bonds is 3. The van der Waals surface area contributed by atoms with E-state index in [4.69, 9.17) is 4.74 Å². The van der Waals surface area contributed by atoms with Gasteiger partial charge in [-0.3, -0.25) is 9.69 Å². The topological polar surface area (TPSA) is 44.8 Å². The zero-order valence-corrected chi connectivity index (χ0v) is 17.0. The predicted octanol–water partition coefficient (Wildman–Crippen LogP) is 3.64. The summed E-state index contributed by atoms with van der Waals surface area (Å²) in [5.74, 6) is 0.669. The number of anilines is 2. The van der Waals surface area contributed by atoms with E-state index in [1.165, 1.54) is 16.8 Å². The molecular formula is C23H29N3O2. The van der Waals surface area contributed by atoms with Crippen molar-refractivity contribution in [2.75, 3.05) is 43.0 Å². The van der Waals surface area contributed by atoms with Crippen LogP contribution in [-0.4, -0.2) is 43.6 Å². The van der Waals surface area contributed by atoms with Crippen molar-refractivity contribution in [3.05, 3.63) is 53.6 Å². The highest BCUT2D eigenvalue weighted by Gasteiger charge is 2.20. The van der Waals surface area contributed by atoms with Gasteiger partial charge in [0.1, 0.15) is 5.75 Å². The van der Waals surface area contributed by atoms with E-state index in [-0.39, 0.29) is 17.9 Å². The summed E-state index contributed by atoms with van der Waals surface area (Å²) < 4.78 is 5.44. The molecule has 0 unspecified atom stereocenters. The third-order valence-electron chi connectivity index (χ3n) is 5.55. The lowest BCUT2D eigenvalue weighted by Crippen LogP contribution is -2.46. The molecule has 5 nitrogen and oxygen atoms in total. The number of nitrogens with zero attached hydrogens (tertiary/aromatic N) is 2. The second-order valence-electron chi connectivity index (χ2n) is 8.73. The predicted molar refractivity (Wildman–Crippen MR) is 113 cm³/mol. The summed E-state index contributed by atoms with van der Waals surface area (Å²) in [6.45, 7) is 11.9. The Morgan fingerprint density at radius 2 is 1.71 bits per heavy atom. The van der Waals surface area contributed by atoms with Crippen LogP contribution in [0.3, 0.4) is 0 Å². The monoisotopic (exact) mass is 379 g/mol. The van der Waals surface area contributed by atoms with E-state index < -0.39 is 0 Å². The number of carbonyl (C=O) groups is 1. The standard InChI is InChI=1S/C23H29N3O2/c1-23(2,3)18-5-7-19(8-6-18)26-12-10-25(11-13-26)15-17-4-9-21-20(14-17)24-22(27)16-28-21/h4-9,14H,10-13,15-16H2,1-3H3,(H,24,27). The minimum absolute atomic E-state index is 0.0873. The number of benzene rings is 2. The van der Waals surface area contributed by atoms with Crippen LogP contribution in [-0.2, 0) is 16.8 Å². The number of ether oxygens (including phenoxy) is 1. The zero-order valence-electron chi connectivity index (χ0n) is 17.0. The molecule has 1 N–H and O–H groups in total. The first-order valence-electron chi connectivity index (χ1n) is 10.0. The molecule has 0 aliphatic carbocycles. The molecule has 2 aliphatic rings. The molecule has 2 aromatic rings. The molecular weight excluding hydrogens is 350 g/mol. The molecule has 0 atom stereocenters. The summed E-state index contributed by atoms with van der Waals surface area (Å²) in [6, 6.07) is 15.1. The van der Waals surface area contributed by atoms with Gasteiger partial charge in [-0.2, -0.15) is 0 Å². The minimum atomic E-state index is -0.0873. The van der Waals surface area contributed by atoms with Crippen LogP contribution < -0.4 is 15.0 Å². The lowest BCUT2D eigenvalue weighted by Gasteiger charge is -2.36. The van der Waals surface area contributed by atoms with Crippen LogP contribution >= 0.6 is 0 Å². The number of hydrogen-bond donors (Lipinski definition) is 1. The van der Waals surface area contributed by atoms with Gasteiger partial charge in [-0.1, -0.05) is 39.0 Å². The lowest BCUT2D eigenvalue weighted by molar-refractivity contribution is -0.118. The summed E-state index contributed by atoms with van der Waals surface area (Å²) in [6.07, 6.45) is 0. The van der Waals surface area contributed by atoms with Crippen molar-refractivity contribution in [1.29, 1.82) is 0 Å². The summed E-state index contributed by atoms with van der Waals surface area (Å²) >= 11 is 0. The third-order valence-corrected chi connectivity index (χ3v) is 5.55. The Labute approximate surface area is 167 Å². The van der Waals surface area contributed by atoms with Crippen LogP contribution in [0.2, 0.25) is 0 Å². The molecule has 1 fully saturated rings. The van der Waals surface area contributed by atoms with Crippen molar-refractivity contribution in [3.8, 4) is 5.75 Å². The van der Waals surface area contributed by atoms with Gasteiger partial charge in [0, 0.05) is 38.4 Å². The van der Waals surface area contributed by atoms with Crippen molar-refractivity contribution in [2.45, 2.75) is 32.7 Å². The number of nitrogens with one attached hydrogen (secondary N) is 1. The van der Waals surface area contributed by atoms with Crippen molar-refractivity contribution < 1.29 is 9.53 Å². The van der Waals surface area contributed by atoms with Gasteiger partial charge in [-0.05, 0) is 40.8 Å². The van der Waals surface area contributed by atoms with Crippen molar-refractivity contribution in [1.82, 2.24) is 4.90 Å². The van der Waals surface area contributed by atoms with Gasteiger partial charge >= 0.3 is 0 Å². The lowest BCUT2D eigenvalue weighted by atomic mass is 9.87. The molecule has 1 amide bonds. The highest BCUT2D eigenvalue weighted by molar-refractivity contribution is 5.95. The quantitative estimate of drug-likeness (QED) is 0.884. The molecule has 0 radical (unpaired) electrons. The summed E-state index contributed by atoms with van der Waals surface area (Å²) in [5, 5.41) is 2.89. The average Bonchev–Trinajstić information content (AvgIpc) is 2.68. The first-order chi connectivity index (χ1) is 13.4. The number of fused-ring (bicyclic) bond motifs is 1. The minimum Gasteiger partial charge on any atom is -0.482 e. The molecule has 5 heteroatoms. The van der Waals surface area contributed by atoms with Crippen LogP contribution in [0.5, 0.6) is 5.75 Å². The molecule has 0 bridgehead atoms. The first kappa shape index (κ1) is 18.8. The van der Waals surface area contributed by atoms with Gasteiger partial charge < -0.3 is 15.0 Å². The number of carbonyl (C=O) groups excluding carboxylic acids is 1. The van der Waals surface area contributed by atoms with Crippen molar-refractivity contribution in [3.63, 3.8) is 0 Å². The third kappa shape index (κ3) is 4.14. The molecule has 4 rings (SSSR count). The summed E-state index contributed by atoms with van der Waals surface area (Å²) in [5.41, 5.74) is 4.86.